The lowest BCUT2D eigenvalue weighted by Gasteiger charge is -2.08. The first kappa shape index (κ1) is 25.7. The van der Waals surface area contributed by atoms with Gasteiger partial charge in [-0.2, -0.15) is 0 Å². The molecule has 0 heteroatoms. The van der Waals surface area contributed by atoms with E-state index in [0.29, 0.717) is 0 Å². The van der Waals surface area contributed by atoms with Crippen LogP contribution < -0.4 is 0 Å². The van der Waals surface area contributed by atoms with Crippen LogP contribution in [-0.2, 0) is 19.3 Å². The average molecular weight is 421 g/mol. The van der Waals surface area contributed by atoms with Crippen molar-refractivity contribution < 1.29 is 0 Å². The lowest BCUT2D eigenvalue weighted by molar-refractivity contribution is 0.589. The first-order chi connectivity index (χ1) is 15.3. The van der Waals surface area contributed by atoms with E-state index < -0.39 is 0 Å². The molecule has 31 heavy (non-hydrogen) atoms. The first-order valence-corrected chi connectivity index (χ1v) is 13.5. The zero-order chi connectivity index (χ0) is 22.0. The number of hydrogen-bond acceptors (Lipinski definition) is 0. The number of unbranched alkanes of at least 4 members (excludes halogenated alkanes) is 12. The Labute approximate surface area is 193 Å². The van der Waals surface area contributed by atoms with E-state index in [9.17, 15) is 0 Å². The summed E-state index contributed by atoms with van der Waals surface area (Å²) in [7, 11) is 0. The Hall–Kier alpha value is -1.56. The highest BCUT2D eigenvalue weighted by Gasteiger charge is 2.02. The van der Waals surface area contributed by atoms with Crippen LogP contribution in [0.5, 0.6) is 0 Å². The van der Waals surface area contributed by atoms with Gasteiger partial charge in [-0.05, 0) is 54.4 Å². The van der Waals surface area contributed by atoms with E-state index >= 15 is 0 Å². The van der Waals surface area contributed by atoms with Crippen molar-refractivity contribution in [3.8, 4) is 0 Å². The Balaban J connectivity index is 1.71. The summed E-state index contributed by atoms with van der Waals surface area (Å²) in [6.07, 6.45) is 23.0. The Morgan fingerprint density at radius 2 is 0.774 bits per heavy atom. The topological polar surface area (TPSA) is 0 Å². The monoisotopic (exact) mass is 420 g/mol. The second-order valence-corrected chi connectivity index (χ2v) is 9.56. The van der Waals surface area contributed by atoms with Crippen molar-refractivity contribution >= 4 is 0 Å². The van der Waals surface area contributed by atoms with Crippen molar-refractivity contribution in [3.05, 3.63) is 70.8 Å². The molecule has 0 aliphatic carbocycles. The lowest BCUT2D eigenvalue weighted by atomic mass is 9.97. The maximum Gasteiger partial charge on any atom is -0.00256 e. The molecule has 0 saturated carbocycles. The van der Waals surface area contributed by atoms with E-state index in [1.807, 2.05) is 0 Å². The van der Waals surface area contributed by atoms with Gasteiger partial charge in [0.1, 0.15) is 0 Å². The van der Waals surface area contributed by atoms with Gasteiger partial charge in [-0.25, -0.2) is 0 Å². The molecule has 2 rings (SSSR count). The second kappa shape index (κ2) is 17.0. The molecule has 0 aliphatic heterocycles. The molecule has 0 unspecified atom stereocenters. The quantitative estimate of drug-likeness (QED) is 0.210. The fourth-order valence-corrected chi connectivity index (χ4v) is 4.60. The molecule has 0 bridgehead atoms. The molecule has 0 spiro atoms. The summed E-state index contributed by atoms with van der Waals surface area (Å²) >= 11 is 0. The van der Waals surface area contributed by atoms with Crippen LogP contribution in [0.1, 0.15) is 126 Å². The van der Waals surface area contributed by atoms with E-state index in [2.05, 4.69) is 62.4 Å². The van der Waals surface area contributed by atoms with Gasteiger partial charge >= 0.3 is 0 Å². The molecule has 0 atom stereocenters. The molecule has 0 aromatic heterocycles. The zero-order valence-electron chi connectivity index (χ0n) is 20.6. The number of hydrogen-bond donors (Lipinski definition) is 0. The maximum absolute atomic E-state index is 2.44. The molecule has 0 radical (unpaired) electrons. The van der Waals surface area contributed by atoms with Gasteiger partial charge in [-0.15, -0.1) is 0 Å². The smallest absolute Gasteiger partial charge is 0.00256 e. The van der Waals surface area contributed by atoms with Gasteiger partial charge in [-0.1, -0.05) is 139 Å². The molecule has 2 aromatic carbocycles. The molecule has 0 saturated heterocycles. The summed E-state index contributed by atoms with van der Waals surface area (Å²) in [6.45, 7) is 4.58. The third kappa shape index (κ3) is 12.2. The fraction of sp³-hybridized carbons (Fsp3) is 0.613. The number of benzene rings is 2. The SMILES string of the molecule is CCCCCCCCCc1cccc(Cc2cccc(CCCCCCCCC)c2)c1. The molecule has 0 aliphatic rings. The minimum Gasteiger partial charge on any atom is -0.0654 e. The molecule has 0 N–H and O–H groups in total. The normalized spacial score (nSPS) is 11.2. The Morgan fingerprint density at radius 3 is 1.19 bits per heavy atom. The first-order valence-electron chi connectivity index (χ1n) is 13.5. The third-order valence-electron chi connectivity index (χ3n) is 6.53. The largest absolute Gasteiger partial charge is 0.0654 e. The van der Waals surface area contributed by atoms with Gasteiger partial charge in [0.15, 0.2) is 0 Å². The van der Waals surface area contributed by atoms with Crippen LogP contribution in [0.25, 0.3) is 0 Å². The predicted molar refractivity (Wildman–Crippen MR) is 139 cm³/mol. The van der Waals surface area contributed by atoms with Crippen LogP contribution in [0.3, 0.4) is 0 Å². The number of rotatable bonds is 18. The van der Waals surface area contributed by atoms with Crippen molar-refractivity contribution in [2.24, 2.45) is 0 Å². The Bertz CT molecular complexity index is 624. The zero-order valence-corrected chi connectivity index (χ0v) is 20.6. The molecule has 0 fully saturated rings. The van der Waals surface area contributed by atoms with Crippen LogP contribution in [0.2, 0.25) is 0 Å². The van der Waals surface area contributed by atoms with Crippen molar-refractivity contribution in [3.63, 3.8) is 0 Å². The summed E-state index contributed by atoms with van der Waals surface area (Å²) in [6, 6.07) is 18.6. The van der Waals surface area contributed by atoms with Gasteiger partial charge in [0.25, 0.3) is 0 Å². The average Bonchev–Trinajstić information content (AvgIpc) is 2.78. The molecular formula is C31H48. The molecule has 2 aromatic rings. The van der Waals surface area contributed by atoms with Crippen molar-refractivity contribution in [2.75, 3.05) is 0 Å². The van der Waals surface area contributed by atoms with Crippen molar-refractivity contribution in [1.82, 2.24) is 0 Å². The minimum atomic E-state index is 1.07. The molecule has 172 valence electrons. The molecule has 0 amide bonds. The van der Waals surface area contributed by atoms with E-state index in [-0.39, 0.29) is 0 Å². The van der Waals surface area contributed by atoms with Crippen LogP contribution in [0.4, 0.5) is 0 Å². The van der Waals surface area contributed by atoms with Gasteiger partial charge in [0.2, 0.25) is 0 Å². The highest BCUT2D eigenvalue weighted by Crippen LogP contribution is 2.17. The van der Waals surface area contributed by atoms with Gasteiger partial charge in [0.05, 0.1) is 0 Å². The summed E-state index contributed by atoms with van der Waals surface area (Å²) in [5.41, 5.74) is 5.97. The van der Waals surface area contributed by atoms with Gasteiger partial charge in [-0.3, -0.25) is 0 Å². The highest BCUT2D eigenvalue weighted by molar-refractivity contribution is 5.32. The summed E-state index contributed by atoms with van der Waals surface area (Å²) in [5.74, 6) is 0. The Kier molecular flexibility index (Phi) is 14.1. The van der Waals surface area contributed by atoms with Crippen LogP contribution in [0.15, 0.2) is 48.5 Å². The van der Waals surface area contributed by atoms with Crippen molar-refractivity contribution in [2.45, 2.75) is 123 Å². The standard InChI is InChI=1S/C31H48/c1-3-5-7-9-11-13-15-19-28-21-17-23-30(25-28)27-31-24-18-22-29(26-31)20-16-14-12-10-8-6-4-2/h17-18,21-26H,3-16,19-20,27H2,1-2H3. The van der Waals surface area contributed by atoms with Crippen molar-refractivity contribution in [1.29, 1.82) is 0 Å². The lowest BCUT2D eigenvalue weighted by Crippen LogP contribution is -1.94. The minimum absolute atomic E-state index is 1.07. The van der Waals surface area contributed by atoms with Crippen LogP contribution >= 0.6 is 0 Å². The van der Waals surface area contributed by atoms with E-state index in [4.69, 9.17) is 0 Å². The predicted octanol–water partition coefficient (Wildman–Crippen LogP) is 9.86. The number of aryl methyl sites for hydroxylation is 2. The van der Waals surface area contributed by atoms with E-state index in [1.165, 1.54) is 125 Å². The molecule has 0 nitrogen and oxygen atoms in total. The van der Waals surface area contributed by atoms with E-state index in [1.54, 1.807) is 0 Å². The third-order valence-corrected chi connectivity index (χ3v) is 6.53. The van der Waals surface area contributed by atoms with Crippen LogP contribution in [0, 0.1) is 0 Å². The second-order valence-electron chi connectivity index (χ2n) is 9.56. The summed E-state index contributed by atoms with van der Waals surface area (Å²) in [4.78, 5) is 0. The van der Waals surface area contributed by atoms with Crippen LogP contribution in [-0.4, -0.2) is 0 Å². The van der Waals surface area contributed by atoms with Gasteiger partial charge < -0.3 is 0 Å². The molecule has 0 heterocycles. The molecular weight excluding hydrogens is 372 g/mol. The summed E-state index contributed by atoms with van der Waals surface area (Å²) in [5, 5.41) is 0. The highest BCUT2D eigenvalue weighted by atomic mass is 14.1. The van der Waals surface area contributed by atoms with E-state index in [0.717, 1.165) is 6.42 Å². The summed E-state index contributed by atoms with van der Waals surface area (Å²) < 4.78 is 0. The van der Waals surface area contributed by atoms with Gasteiger partial charge in [0, 0.05) is 0 Å². The maximum atomic E-state index is 2.44. The Morgan fingerprint density at radius 1 is 0.419 bits per heavy atom. The fourth-order valence-electron chi connectivity index (χ4n) is 4.60.